The lowest BCUT2D eigenvalue weighted by Gasteiger charge is -2.28. The van der Waals surface area contributed by atoms with E-state index in [1.54, 1.807) is 11.8 Å². The zero-order valence-corrected chi connectivity index (χ0v) is 25.5. The van der Waals surface area contributed by atoms with Crippen LogP contribution in [0.4, 0.5) is 5.69 Å². The topological polar surface area (TPSA) is 64.4 Å². The summed E-state index contributed by atoms with van der Waals surface area (Å²) in [5.41, 5.74) is 4.55. The second-order valence-electron chi connectivity index (χ2n) is 10.5. The smallest absolute Gasteiger partial charge is 0.326 e. The zero-order chi connectivity index (χ0) is 30.0. The number of imidazole rings is 1. The van der Waals surface area contributed by atoms with E-state index >= 15 is 0 Å². The van der Waals surface area contributed by atoms with Crippen molar-refractivity contribution in [3.05, 3.63) is 126 Å². The SMILES string of the molecule is CCC(C)OC(=O)Cn1c(SCCCN(C(=O)C(c2ccccc2)c2ccccc2)c2ccccc2)nc2ccccc21. The third kappa shape index (κ3) is 7.54. The fourth-order valence-electron chi connectivity index (χ4n) is 5.08. The van der Waals surface area contributed by atoms with Crippen LogP contribution in [0, 0.1) is 0 Å². The number of carbonyl (C=O) groups is 2. The Labute approximate surface area is 257 Å². The number of fused-ring (bicyclic) bond motifs is 1. The van der Waals surface area contributed by atoms with E-state index in [1.807, 2.05) is 139 Å². The molecule has 0 saturated carbocycles. The highest BCUT2D eigenvalue weighted by atomic mass is 32.2. The van der Waals surface area contributed by atoms with Gasteiger partial charge in [0.15, 0.2) is 5.16 Å². The molecule has 0 radical (unpaired) electrons. The summed E-state index contributed by atoms with van der Waals surface area (Å²) in [7, 11) is 0. The number of hydrogen-bond acceptors (Lipinski definition) is 5. The summed E-state index contributed by atoms with van der Waals surface area (Å²) in [6, 6.07) is 37.6. The first-order valence-electron chi connectivity index (χ1n) is 14.8. The van der Waals surface area contributed by atoms with Crippen LogP contribution < -0.4 is 4.90 Å². The van der Waals surface area contributed by atoms with Crippen LogP contribution >= 0.6 is 11.8 Å². The second kappa shape index (κ2) is 14.7. The molecule has 0 saturated heterocycles. The Hall–Kier alpha value is -4.36. The van der Waals surface area contributed by atoms with Crippen LogP contribution in [0.5, 0.6) is 0 Å². The Morgan fingerprint density at radius 1 is 0.837 bits per heavy atom. The summed E-state index contributed by atoms with van der Waals surface area (Å²) in [6.07, 6.45) is 1.38. The van der Waals surface area contributed by atoms with Gasteiger partial charge in [-0.2, -0.15) is 0 Å². The van der Waals surface area contributed by atoms with Gasteiger partial charge in [-0.05, 0) is 55.2 Å². The van der Waals surface area contributed by atoms with E-state index in [1.165, 1.54) is 0 Å². The molecular weight excluding hydrogens is 554 g/mol. The van der Waals surface area contributed by atoms with E-state index in [0.717, 1.165) is 51.6 Å². The predicted molar refractivity (Wildman–Crippen MR) is 174 cm³/mol. The van der Waals surface area contributed by atoms with E-state index in [0.29, 0.717) is 6.54 Å². The number of esters is 1. The molecule has 0 aliphatic carbocycles. The highest BCUT2D eigenvalue weighted by Gasteiger charge is 2.28. The Balaban J connectivity index is 1.35. The molecule has 1 heterocycles. The van der Waals surface area contributed by atoms with Crippen LogP contribution in [0.25, 0.3) is 11.0 Å². The van der Waals surface area contributed by atoms with Crippen LogP contribution in [0.3, 0.4) is 0 Å². The van der Waals surface area contributed by atoms with Gasteiger partial charge in [-0.1, -0.05) is 110 Å². The molecule has 43 heavy (non-hydrogen) atoms. The lowest BCUT2D eigenvalue weighted by molar-refractivity contribution is -0.149. The Morgan fingerprint density at radius 2 is 1.42 bits per heavy atom. The number of hydrogen-bond donors (Lipinski definition) is 0. The molecule has 220 valence electrons. The molecule has 4 aromatic carbocycles. The third-order valence-corrected chi connectivity index (χ3v) is 8.48. The summed E-state index contributed by atoms with van der Waals surface area (Å²) in [4.78, 5) is 33.8. The van der Waals surface area contributed by atoms with Gasteiger partial charge in [0.2, 0.25) is 5.91 Å². The van der Waals surface area contributed by atoms with Crippen LogP contribution in [0.2, 0.25) is 0 Å². The maximum absolute atomic E-state index is 14.4. The quantitative estimate of drug-likeness (QED) is 0.0797. The number of thioether (sulfide) groups is 1. The molecule has 1 unspecified atom stereocenters. The molecule has 0 aliphatic heterocycles. The van der Waals surface area contributed by atoms with Gasteiger partial charge in [0.1, 0.15) is 6.54 Å². The molecule has 0 aliphatic rings. The molecule has 6 nitrogen and oxygen atoms in total. The van der Waals surface area contributed by atoms with Gasteiger partial charge in [-0.3, -0.25) is 9.59 Å². The first-order chi connectivity index (χ1) is 21.0. The van der Waals surface area contributed by atoms with Gasteiger partial charge in [0.05, 0.1) is 23.1 Å². The van der Waals surface area contributed by atoms with Crippen molar-refractivity contribution in [2.24, 2.45) is 0 Å². The minimum atomic E-state index is -0.420. The van der Waals surface area contributed by atoms with E-state index in [4.69, 9.17) is 9.72 Å². The number of amides is 1. The van der Waals surface area contributed by atoms with Crippen molar-refractivity contribution in [3.8, 4) is 0 Å². The van der Waals surface area contributed by atoms with Crippen molar-refractivity contribution < 1.29 is 14.3 Å². The lowest BCUT2D eigenvalue weighted by atomic mass is 9.89. The van der Waals surface area contributed by atoms with Gasteiger partial charge in [-0.25, -0.2) is 4.98 Å². The molecule has 0 fully saturated rings. The van der Waals surface area contributed by atoms with Crippen molar-refractivity contribution in [2.75, 3.05) is 17.2 Å². The molecule has 0 bridgehead atoms. The van der Waals surface area contributed by atoms with E-state index < -0.39 is 5.92 Å². The molecule has 0 spiro atoms. The average molecular weight is 592 g/mol. The molecule has 0 N–H and O–H groups in total. The molecule has 1 aromatic heterocycles. The van der Waals surface area contributed by atoms with Crippen LogP contribution in [-0.4, -0.2) is 39.8 Å². The first kappa shape index (κ1) is 30.1. The summed E-state index contributed by atoms with van der Waals surface area (Å²) in [5.74, 6) is 0.0690. The minimum absolute atomic E-state index is 0.0358. The monoisotopic (exact) mass is 591 g/mol. The van der Waals surface area contributed by atoms with Crippen molar-refractivity contribution in [1.29, 1.82) is 0 Å². The van der Waals surface area contributed by atoms with Crippen molar-refractivity contribution in [1.82, 2.24) is 9.55 Å². The van der Waals surface area contributed by atoms with Gasteiger partial charge in [0, 0.05) is 18.0 Å². The zero-order valence-electron chi connectivity index (χ0n) is 24.6. The number of nitrogens with zero attached hydrogens (tertiary/aromatic N) is 3. The number of ether oxygens (including phenoxy) is 1. The van der Waals surface area contributed by atoms with Crippen molar-refractivity contribution in [3.63, 3.8) is 0 Å². The number of rotatable bonds is 13. The van der Waals surface area contributed by atoms with Gasteiger partial charge >= 0.3 is 5.97 Å². The maximum atomic E-state index is 14.4. The Morgan fingerprint density at radius 3 is 2.05 bits per heavy atom. The largest absolute Gasteiger partial charge is 0.461 e. The predicted octanol–water partition coefficient (Wildman–Crippen LogP) is 7.73. The second-order valence-corrected chi connectivity index (χ2v) is 11.5. The highest BCUT2D eigenvalue weighted by Crippen LogP contribution is 2.30. The first-order valence-corrected chi connectivity index (χ1v) is 15.8. The van der Waals surface area contributed by atoms with Crippen molar-refractivity contribution in [2.45, 2.75) is 50.4 Å². The lowest BCUT2D eigenvalue weighted by Crippen LogP contribution is -2.36. The summed E-state index contributed by atoms with van der Waals surface area (Å²) in [5, 5.41) is 0.770. The molecule has 1 atom stereocenters. The summed E-state index contributed by atoms with van der Waals surface area (Å²) in [6.45, 7) is 4.55. The molecule has 7 heteroatoms. The number of benzene rings is 4. The molecule has 1 amide bonds. The molecule has 5 rings (SSSR count). The number of anilines is 1. The Bertz CT molecular complexity index is 1580. The Kier molecular flexibility index (Phi) is 10.3. The number of carbonyl (C=O) groups excluding carboxylic acids is 2. The van der Waals surface area contributed by atoms with Crippen LogP contribution in [0.15, 0.2) is 120 Å². The minimum Gasteiger partial charge on any atom is -0.461 e. The molecular formula is C36H37N3O3S. The fourth-order valence-corrected chi connectivity index (χ4v) is 6.01. The number of aromatic nitrogens is 2. The van der Waals surface area contributed by atoms with Crippen LogP contribution in [0.1, 0.15) is 43.7 Å². The number of para-hydroxylation sites is 3. The summed E-state index contributed by atoms with van der Waals surface area (Å²) >= 11 is 1.60. The van der Waals surface area contributed by atoms with Gasteiger partial charge in [0.25, 0.3) is 0 Å². The standard InChI is InChI=1S/C36H37N3O3S/c1-3-27(2)42-33(40)26-39-32-23-14-13-22-31(32)37-36(39)43-25-15-24-38(30-20-11-6-12-21-30)35(41)34(28-16-7-4-8-17-28)29-18-9-5-10-19-29/h4-14,16-23,27,34H,3,15,24-26H2,1-2H3. The van der Waals surface area contributed by atoms with E-state index in [9.17, 15) is 9.59 Å². The highest BCUT2D eigenvalue weighted by molar-refractivity contribution is 7.99. The summed E-state index contributed by atoms with van der Waals surface area (Å²) < 4.78 is 7.50. The van der Waals surface area contributed by atoms with Gasteiger partial charge < -0.3 is 14.2 Å². The molecule has 5 aromatic rings. The van der Waals surface area contributed by atoms with E-state index in [2.05, 4.69) is 0 Å². The maximum Gasteiger partial charge on any atom is 0.326 e. The normalized spacial score (nSPS) is 11.9. The van der Waals surface area contributed by atoms with Gasteiger partial charge in [-0.15, -0.1) is 0 Å². The fraction of sp³-hybridized carbons (Fsp3) is 0.250. The van der Waals surface area contributed by atoms with E-state index in [-0.39, 0.29) is 24.5 Å². The van der Waals surface area contributed by atoms with Crippen molar-refractivity contribution >= 4 is 40.4 Å². The average Bonchev–Trinajstić information content (AvgIpc) is 3.39. The third-order valence-electron chi connectivity index (χ3n) is 7.42. The van der Waals surface area contributed by atoms with Crippen LogP contribution in [-0.2, 0) is 20.9 Å².